The van der Waals surface area contributed by atoms with E-state index in [-0.39, 0.29) is 10.8 Å². The van der Waals surface area contributed by atoms with Gasteiger partial charge in [-0.1, -0.05) is 13.8 Å². The molecule has 0 bridgehead atoms. The molecule has 0 unspecified atom stereocenters. The van der Waals surface area contributed by atoms with E-state index >= 15 is 0 Å². The van der Waals surface area contributed by atoms with Crippen LogP contribution in [-0.4, -0.2) is 57.6 Å². The summed E-state index contributed by atoms with van der Waals surface area (Å²) in [5, 5.41) is 9.20. The Morgan fingerprint density at radius 2 is 1.70 bits per heavy atom. The van der Waals surface area contributed by atoms with Crippen LogP contribution in [0.5, 0.6) is 0 Å². The molecule has 3 rings (SSSR count). The standard InChI is InChI=1S/C18H26N2O6S/c1-13(2)16(17(21)22)19-27(23,24)15-5-3-14(4-6-15)20-9-7-18(8-10-20)25-11-12-26-18/h3-6,13,16,19H,7-12H2,1-2H3,(H,21,22)/t16-/m0/s1. The van der Waals surface area contributed by atoms with Crippen molar-refractivity contribution in [2.45, 2.75) is 43.4 Å². The van der Waals surface area contributed by atoms with Crippen LogP contribution in [0.3, 0.4) is 0 Å². The lowest BCUT2D eigenvalue weighted by molar-refractivity contribution is -0.169. The van der Waals surface area contributed by atoms with Crippen molar-refractivity contribution in [1.29, 1.82) is 0 Å². The molecule has 2 aliphatic rings. The zero-order chi connectivity index (χ0) is 19.7. The van der Waals surface area contributed by atoms with Gasteiger partial charge in [0.1, 0.15) is 6.04 Å². The first kappa shape index (κ1) is 20.1. The van der Waals surface area contributed by atoms with Crippen molar-refractivity contribution in [3.63, 3.8) is 0 Å². The number of hydrogen-bond acceptors (Lipinski definition) is 6. The molecule has 0 radical (unpaired) electrons. The van der Waals surface area contributed by atoms with Crippen LogP contribution < -0.4 is 9.62 Å². The number of hydrogen-bond donors (Lipinski definition) is 2. The summed E-state index contributed by atoms with van der Waals surface area (Å²) < 4.78 is 38.7. The Morgan fingerprint density at radius 3 is 2.19 bits per heavy atom. The van der Waals surface area contributed by atoms with Gasteiger partial charge in [-0.05, 0) is 30.2 Å². The maximum Gasteiger partial charge on any atom is 0.322 e. The number of nitrogens with zero attached hydrogens (tertiary/aromatic N) is 1. The van der Waals surface area contributed by atoms with Gasteiger partial charge in [-0.25, -0.2) is 8.42 Å². The molecule has 2 N–H and O–H groups in total. The van der Waals surface area contributed by atoms with E-state index in [0.29, 0.717) is 13.2 Å². The zero-order valence-corrected chi connectivity index (χ0v) is 16.4. The lowest BCUT2D eigenvalue weighted by atomic mass is 10.0. The summed E-state index contributed by atoms with van der Waals surface area (Å²) in [5.74, 6) is -2.01. The molecule has 1 atom stereocenters. The molecular weight excluding hydrogens is 372 g/mol. The van der Waals surface area contributed by atoms with Gasteiger partial charge in [0.15, 0.2) is 5.79 Å². The van der Waals surface area contributed by atoms with Crippen LogP contribution in [0.25, 0.3) is 0 Å². The van der Waals surface area contributed by atoms with Gasteiger partial charge in [-0.3, -0.25) is 4.79 Å². The molecule has 8 nitrogen and oxygen atoms in total. The van der Waals surface area contributed by atoms with Gasteiger partial charge in [-0.15, -0.1) is 0 Å². The Kier molecular flexibility index (Phi) is 5.76. The van der Waals surface area contributed by atoms with E-state index in [9.17, 15) is 18.3 Å². The van der Waals surface area contributed by atoms with Gasteiger partial charge in [0, 0.05) is 31.6 Å². The number of ether oxygens (including phenoxy) is 2. The van der Waals surface area contributed by atoms with Crippen LogP contribution in [0.4, 0.5) is 5.69 Å². The van der Waals surface area contributed by atoms with E-state index in [1.54, 1.807) is 26.0 Å². The van der Waals surface area contributed by atoms with Gasteiger partial charge in [0.05, 0.1) is 18.1 Å². The molecule has 27 heavy (non-hydrogen) atoms. The molecule has 0 amide bonds. The number of sulfonamides is 1. The van der Waals surface area contributed by atoms with E-state index in [4.69, 9.17) is 9.47 Å². The molecule has 2 aliphatic heterocycles. The van der Waals surface area contributed by atoms with Crippen LogP contribution in [0.2, 0.25) is 0 Å². The highest BCUT2D eigenvalue weighted by Crippen LogP contribution is 2.33. The molecular formula is C18H26N2O6S. The van der Waals surface area contributed by atoms with E-state index in [2.05, 4.69) is 9.62 Å². The lowest BCUT2D eigenvalue weighted by Crippen LogP contribution is -2.45. The Hall–Kier alpha value is -1.68. The van der Waals surface area contributed by atoms with Gasteiger partial charge in [0.2, 0.25) is 10.0 Å². The lowest BCUT2D eigenvalue weighted by Gasteiger charge is -2.38. The van der Waals surface area contributed by atoms with Crippen LogP contribution in [0, 0.1) is 5.92 Å². The fourth-order valence-corrected chi connectivity index (χ4v) is 4.77. The second-order valence-electron chi connectivity index (χ2n) is 7.27. The van der Waals surface area contributed by atoms with E-state index in [1.165, 1.54) is 12.1 Å². The van der Waals surface area contributed by atoms with Crippen molar-refractivity contribution in [3.8, 4) is 0 Å². The number of carboxylic acids is 1. The Labute approximate surface area is 159 Å². The van der Waals surface area contributed by atoms with Crippen LogP contribution in [-0.2, 0) is 24.3 Å². The summed E-state index contributed by atoms with van der Waals surface area (Å²) in [5.41, 5.74) is 0.917. The molecule has 1 spiro atoms. The average Bonchev–Trinajstić information content (AvgIpc) is 3.08. The molecule has 0 aromatic heterocycles. The zero-order valence-electron chi connectivity index (χ0n) is 15.6. The second-order valence-corrected chi connectivity index (χ2v) is 8.98. The fraction of sp³-hybridized carbons (Fsp3) is 0.611. The van der Waals surface area contributed by atoms with E-state index in [0.717, 1.165) is 31.6 Å². The summed E-state index contributed by atoms with van der Waals surface area (Å²) >= 11 is 0. The van der Waals surface area contributed by atoms with Gasteiger partial charge < -0.3 is 19.5 Å². The summed E-state index contributed by atoms with van der Waals surface area (Å²) in [6.45, 7) is 6.11. The molecule has 2 saturated heterocycles. The molecule has 1 aromatic rings. The SMILES string of the molecule is CC(C)[C@H](NS(=O)(=O)c1ccc(N2CCC3(CC2)OCCO3)cc1)C(=O)O. The fourth-order valence-electron chi connectivity index (χ4n) is 3.43. The third-order valence-electron chi connectivity index (χ3n) is 5.07. The van der Waals surface area contributed by atoms with Gasteiger partial charge in [-0.2, -0.15) is 4.72 Å². The Bertz CT molecular complexity index is 762. The van der Waals surface area contributed by atoms with Crippen LogP contribution in [0.15, 0.2) is 29.2 Å². The highest BCUT2D eigenvalue weighted by molar-refractivity contribution is 7.89. The largest absolute Gasteiger partial charge is 0.480 e. The first-order chi connectivity index (χ1) is 12.7. The third kappa shape index (κ3) is 4.43. The summed E-state index contributed by atoms with van der Waals surface area (Å²) in [7, 11) is -3.90. The van der Waals surface area contributed by atoms with Crippen molar-refractivity contribution in [2.75, 3.05) is 31.2 Å². The predicted octanol–water partition coefficient (Wildman–Crippen LogP) is 1.42. The number of anilines is 1. The van der Waals surface area contributed by atoms with Crippen LogP contribution in [0.1, 0.15) is 26.7 Å². The molecule has 9 heteroatoms. The monoisotopic (exact) mass is 398 g/mol. The molecule has 2 heterocycles. The van der Waals surface area contributed by atoms with Crippen molar-refractivity contribution >= 4 is 21.7 Å². The molecule has 1 aromatic carbocycles. The average molecular weight is 398 g/mol. The number of benzene rings is 1. The minimum atomic E-state index is -3.90. The predicted molar refractivity (Wildman–Crippen MR) is 99.1 cm³/mol. The van der Waals surface area contributed by atoms with Crippen molar-refractivity contribution in [3.05, 3.63) is 24.3 Å². The van der Waals surface area contributed by atoms with E-state index in [1.807, 2.05) is 0 Å². The number of nitrogens with one attached hydrogen (secondary N) is 1. The minimum Gasteiger partial charge on any atom is -0.480 e. The van der Waals surface area contributed by atoms with Crippen LogP contribution >= 0.6 is 0 Å². The third-order valence-corrected chi connectivity index (χ3v) is 6.52. The number of carbonyl (C=O) groups is 1. The second kappa shape index (κ2) is 7.75. The number of aliphatic carboxylic acids is 1. The van der Waals surface area contributed by atoms with E-state index < -0.39 is 27.8 Å². The number of piperidine rings is 1. The topological polar surface area (TPSA) is 105 Å². The maximum absolute atomic E-state index is 12.5. The summed E-state index contributed by atoms with van der Waals surface area (Å²) in [6.07, 6.45) is 1.53. The maximum atomic E-state index is 12.5. The Morgan fingerprint density at radius 1 is 1.15 bits per heavy atom. The number of rotatable bonds is 6. The molecule has 150 valence electrons. The van der Waals surface area contributed by atoms with Crippen molar-refractivity contribution in [1.82, 2.24) is 4.72 Å². The first-order valence-corrected chi connectivity index (χ1v) is 10.6. The summed E-state index contributed by atoms with van der Waals surface area (Å²) in [4.78, 5) is 13.5. The summed E-state index contributed by atoms with van der Waals surface area (Å²) in [6, 6.07) is 5.33. The normalized spacial score (nSPS) is 20.9. The Balaban J connectivity index is 1.67. The molecule has 0 aliphatic carbocycles. The van der Waals surface area contributed by atoms with Crippen molar-refractivity contribution in [2.24, 2.45) is 5.92 Å². The van der Waals surface area contributed by atoms with Gasteiger partial charge >= 0.3 is 5.97 Å². The minimum absolute atomic E-state index is 0.0501. The first-order valence-electron chi connectivity index (χ1n) is 9.10. The highest BCUT2D eigenvalue weighted by atomic mass is 32.2. The smallest absolute Gasteiger partial charge is 0.322 e. The number of carboxylic acid groups (broad SMARTS) is 1. The quantitative estimate of drug-likeness (QED) is 0.746. The molecule has 0 saturated carbocycles. The molecule has 2 fully saturated rings. The van der Waals surface area contributed by atoms with Crippen molar-refractivity contribution < 1.29 is 27.8 Å². The highest BCUT2D eigenvalue weighted by Gasteiger charge is 2.39. The van der Waals surface area contributed by atoms with Gasteiger partial charge in [0.25, 0.3) is 0 Å².